The van der Waals surface area contributed by atoms with Gasteiger partial charge in [0.2, 0.25) is 0 Å². The molecule has 0 unspecified atom stereocenters. The van der Waals surface area contributed by atoms with Crippen molar-refractivity contribution in [3.63, 3.8) is 0 Å². The van der Waals surface area contributed by atoms with Gasteiger partial charge in [-0.15, -0.1) is 0 Å². The number of carbonyl (C=O) groups excluding carboxylic acids is 1. The van der Waals surface area contributed by atoms with Crippen molar-refractivity contribution in [2.45, 2.75) is 19.4 Å². The Balaban J connectivity index is 2.39. The maximum absolute atomic E-state index is 11.6. The van der Waals surface area contributed by atoms with Crippen molar-refractivity contribution in [2.24, 2.45) is 0 Å². The highest BCUT2D eigenvalue weighted by atomic mass is 35.5. The van der Waals surface area contributed by atoms with E-state index in [0.29, 0.717) is 0 Å². The topological polar surface area (TPSA) is 87.9 Å². The number of halogens is 1. The Kier molecular flexibility index (Phi) is 6.19. The van der Waals surface area contributed by atoms with Crippen LogP contribution in [0, 0.1) is 10.1 Å². The Morgan fingerprint density at radius 3 is 2.48 bits per heavy atom. The summed E-state index contributed by atoms with van der Waals surface area (Å²) in [6, 6.07) is 12.0. The van der Waals surface area contributed by atoms with E-state index in [1.165, 1.54) is 26.2 Å². The molecule has 0 radical (unpaired) electrons. The van der Waals surface area contributed by atoms with E-state index in [9.17, 15) is 14.9 Å². The number of benzene rings is 2. The van der Waals surface area contributed by atoms with Crippen LogP contribution in [-0.2, 0) is 15.7 Å². The van der Waals surface area contributed by atoms with Crippen molar-refractivity contribution in [3.05, 3.63) is 63.7 Å². The lowest BCUT2D eigenvalue weighted by molar-refractivity contribution is -0.385. The molecule has 0 aliphatic heterocycles. The number of hydrogen-bond donors (Lipinski definition) is 0. The van der Waals surface area contributed by atoms with Gasteiger partial charge in [0.25, 0.3) is 5.69 Å². The summed E-state index contributed by atoms with van der Waals surface area (Å²) in [5, 5.41) is 11.4. The van der Waals surface area contributed by atoms with Gasteiger partial charge in [0, 0.05) is 5.56 Å². The third kappa shape index (κ3) is 4.39. The number of hydrogen-bond acceptors (Lipinski definition) is 6. The first-order chi connectivity index (χ1) is 12.0. The monoisotopic (exact) mass is 365 g/mol. The Morgan fingerprint density at radius 1 is 1.24 bits per heavy atom. The predicted molar refractivity (Wildman–Crippen MR) is 90.8 cm³/mol. The Bertz CT molecular complexity index is 765. The first-order valence-corrected chi connectivity index (χ1v) is 7.64. The van der Waals surface area contributed by atoms with Gasteiger partial charge in [-0.1, -0.05) is 30.3 Å². The number of ether oxygens (including phenoxy) is 2. The van der Waals surface area contributed by atoms with E-state index in [-0.39, 0.29) is 29.4 Å². The number of nitro benzene ring substituents is 1. The average molecular weight is 366 g/mol. The standard InChI is InChI=1S/C17H16ClNO6/c1-11(17(20)25-18)13-8-15(23-2)16(9-14(13)19(21)22)24-10-12-6-4-3-5-7-12/h3-9,11H,10H2,1-2H3/t11-/m1/s1. The van der Waals surface area contributed by atoms with Gasteiger partial charge in [-0.2, -0.15) is 0 Å². The number of carbonyl (C=O) groups is 1. The largest absolute Gasteiger partial charge is 0.493 e. The smallest absolute Gasteiger partial charge is 0.332 e. The van der Waals surface area contributed by atoms with Crippen LogP contribution in [0.25, 0.3) is 0 Å². The quantitative estimate of drug-likeness (QED) is 0.544. The molecule has 8 heteroatoms. The van der Waals surface area contributed by atoms with Gasteiger partial charge in [-0.05, 0) is 18.6 Å². The van der Waals surface area contributed by atoms with Crippen LogP contribution in [0.5, 0.6) is 11.5 Å². The van der Waals surface area contributed by atoms with Gasteiger partial charge >= 0.3 is 5.97 Å². The molecule has 2 rings (SSSR count). The zero-order valence-corrected chi connectivity index (χ0v) is 14.4. The first-order valence-electron chi connectivity index (χ1n) is 7.33. The zero-order chi connectivity index (χ0) is 18.4. The van der Waals surface area contributed by atoms with E-state index in [4.69, 9.17) is 21.3 Å². The molecule has 0 aliphatic rings. The van der Waals surface area contributed by atoms with E-state index in [0.717, 1.165) is 5.56 Å². The number of methoxy groups -OCH3 is 1. The summed E-state index contributed by atoms with van der Waals surface area (Å²) in [4.78, 5) is 22.4. The molecular formula is C17H16ClNO6. The lowest BCUT2D eigenvalue weighted by Gasteiger charge is -2.15. The van der Waals surface area contributed by atoms with Crippen LogP contribution >= 0.6 is 11.9 Å². The van der Waals surface area contributed by atoms with E-state index >= 15 is 0 Å². The fourth-order valence-electron chi connectivity index (χ4n) is 2.27. The summed E-state index contributed by atoms with van der Waals surface area (Å²) in [5.74, 6) is -1.27. The number of rotatable bonds is 7. The number of nitro groups is 1. The van der Waals surface area contributed by atoms with E-state index < -0.39 is 16.8 Å². The normalized spacial score (nSPS) is 11.5. The minimum absolute atomic E-state index is 0.125. The molecule has 0 saturated carbocycles. The molecular weight excluding hydrogens is 350 g/mol. The molecule has 1 atom stereocenters. The molecule has 7 nitrogen and oxygen atoms in total. The maximum atomic E-state index is 11.6. The summed E-state index contributed by atoms with van der Waals surface area (Å²) in [6.07, 6.45) is 0. The minimum Gasteiger partial charge on any atom is -0.493 e. The molecule has 0 saturated heterocycles. The second-order valence-corrected chi connectivity index (χ2v) is 5.37. The lowest BCUT2D eigenvalue weighted by atomic mass is 9.98. The van der Waals surface area contributed by atoms with Crippen LogP contribution in [0.1, 0.15) is 24.0 Å². The summed E-state index contributed by atoms with van der Waals surface area (Å²) in [5.41, 5.74) is 0.744. The molecule has 2 aromatic carbocycles. The van der Waals surface area contributed by atoms with Crippen LogP contribution in [0.15, 0.2) is 42.5 Å². The third-order valence-corrected chi connectivity index (χ3v) is 3.79. The van der Waals surface area contributed by atoms with Gasteiger partial charge in [0.05, 0.1) is 24.0 Å². The van der Waals surface area contributed by atoms with Gasteiger partial charge < -0.3 is 13.8 Å². The van der Waals surface area contributed by atoms with Crippen molar-refractivity contribution in [1.82, 2.24) is 0 Å². The SMILES string of the molecule is COc1cc([C@@H](C)C(=O)OCl)c([N+](=O)[O-])cc1OCc1ccccc1. The van der Waals surface area contributed by atoms with Crippen molar-refractivity contribution >= 4 is 23.5 Å². The molecule has 25 heavy (non-hydrogen) atoms. The highest BCUT2D eigenvalue weighted by Gasteiger charge is 2.28. The Hall–Kier alpha value is -2.80. The summed E-state index contributed by atoms with van der Waals surface area (Å²) in [6.45, 7) is 1.67. The average Bonchev–Trinajstić information content (AvgIpc) is 2.65. The Labute approximate surface area is 149 Å². The van der Waals surface area contributed by atoms with Crippen LogP contribution < -0.4 is 9.47 Å². The predicted octanol–water partition coefficient (Wildman–Crippen LogP) is 3.98. The fraction of sp³-hybridized carbons (Fsp3) is 0.235. The van der Waals surface area contributed by atoms with Crippen LogP contribution in [0.3, 0.4) is 0 Å². The zero-order valence-electron chi connectivity index (χ0n) is 13.6. The van der Waals surface area contributed by atoms with Gasteiger partial charge in [0.1, 0.15) is 18.5 Å². The Morgan fingerprint density at radius 2 is 1.92 bits per heavy atom. The van der Waals surface area contributed by atoms with Crippen molar-refractivity contribution in [2.75, 3.05) is 7.11 Å². The summed E-state index contributed by atoms with van der Waals surface area (Å²) >= 11 is 5.08. The molecule has 0 fully saturated rings. The molecule has 0 aromatic heterocycles. The van der Waals surface area contributed by atoms with Gasteiger partial charge in [-0.25, -0.2) is 4.79 Å². The number of nitrogens with zero attached hydrogens (tertiary/aromatic N) is 1. The highest BCUT2D eigenvalue weighted by molar-refractivity contribution is 6.13. The van der Waals surface area contributed by atoms with E-state index in [1.807, 2.05) is 30.3 Å². The molecule has 0 N–H and O–H groups in total. The minimum atomic E-state index is -0.935. The molecule has 0 spiro atoms. The second-order valence-electron chi connectivity index (χ2n) is 5.21. The maximum Gasteiger partial charge on any atom is 0.332 e. The fourth-order valence-corrected chi connectivity index (χ4v) is 2.40. The third-order valence-electron chi connectivity index (χ3n) is 3.64. The van der Waals surface area contributed by atoms with E-state index in [2.05, 4.69) is 4.29 Å². The van der Waals surface area contributed by atoms with Crippen LogP contribution in [0.4, 0.5) is 5.69 Å². The van der Waals surface area contributed by atoms with Gasteiger partial charge in [0.15, 0.2) is 11.5 Å². The van der Waals surface area contributed by atoms with Crippen LogP contribution in [0.2, 0.25) is 0 Å². The summed E-state index contributed by atoms with van der Waals surface area (Å²) in [7, 11) is 1.41. The molecule has 132 valence electrons. The van der Waals surface area contributed by atoms with Crippen molar-refractivity contribution in [3.8, 4) is 11.5 Å². The summed E-state index contributed by atoms with van der Waals surface area (Å²) < 4.78 is 15.0. The lowest BCUT2D eigenvalue weighted by Crippen LogP contribution is -2.11. The molecule has 0 amide bonds. The van der Waals surface area contributed by atoms with E-state index in [1.54, 1.807) is 0 Å². The molecule has 2 aromatic rings. The van der Waals surface area contributed by atoms with Crippen molar-refractivity contribution in [1.29, 1.82) is 0 Å². The highest BCUT2D eigenvalue weighted by Crippen LogP contribution is 2.38. The molecule has 0 heterocycles. The first kappa shape index (κ1) is 18.5. The van der Waals surface area contributed by atoms with Gasteiger partial charge in [-0.3, -0.25) is 10.1 Å². The molecule has 0 aliphatic carbocycles. The van der Waals surface area contributed by atoms with Crippen molar-refractivity contribution < 1.29 is 23.5 Å². The van der Waals surface area contributed by atoms with Crippen LogP contribution in [-0.4, -0.2) is 18.0 Å². The molecule has 0 bridgehead atoms. The second kappa shape index (κ2) is 8.34.